The van der Waals surface area contributed by atoms with Gasteiger partial charge in [0, 0.05) is 35.9 Å². The van der Waals surface area contributed by atoms with Crippen LogP contribution < -0.4 is 5.32 Å². The fourth-order valence-corrected chi connectivity index (χ4v) is 3.92. The number of nitrogens with one attached hydrogen (secondary N) is 1. The van der Waals surface area contributed by atoms with Gasteiger partial charge < -0.3 is 5.32 Å². The maximum atomic E-state index is 12.2. The molecular formula is C12H22N2O2S2. The van der Waals surface area contributed by atoms with Gasteiger partial charge in [-0.25, -0.2) is 8.42 Å². The van der Waals surface area contributed by atoms with Crippen molar-refractivity contribution in [3.05, 3.63) is 16.3 Å². The van der Waals surface area contributed by atoms with E-state index in [1.165, 1.54) is 15.6 Å². The average molecular weight is 290 g/mol. The third-order valence-electron chi connectivity index (χ3n) is 2.72. The molecule has 0 saturated heterocycles. The number of thiophene rings is 1. The van der Waals surface area contributed by atoms with E-state index in [9.17, 15) is 8.42 Å². The fraction of sp³-hybridized carbons (Fsp3) is 0.667. The Balaban J connectivity index is 2.85. The first kappa shape index (κ1) is 15.6. The summed E-state index contributed by atoms with van der Waals surface area (Å²) in [4.78, 5) is 1.43. The summed E-state index contributed by atoms with van der Waals surface area (Å²) in [6.45, 7) is 8.58. The van der Waals surface area contributed by atoms with Crippen molar-refractivity contribution in [1.29, 1.82) is 0 Å². The Hall–Kier alpha value is -0.430. The lowest BCUT2D eigenvalue weighted by molar-refractivity contribution is 0.411. The standard InChI is InChI=1S/C12H22N2O2S2/c1-9(2)13-7-11-6-12(8-17-11)18(15,16)14(5)10(3)4/h6,8-10,13H,7H2,1-5H3. The summed E-state index contributed by atoms with van der Waals surface area (Å²) in [6, 6.07) is 2.12. The molecule has 1 N–H and O–H groups in total. The summed E-state index contributed by atoms with van der Waals surface area (Å²) in [5, 5.41) is 4.99. The highest BCUT2D eigenvalue weighted by Crippen LogP contribution is 2.23. The lowest BCUT2D eigenvalue weighted by Crippen LogP contribution is -2.32. The maximum absolute atomic E-state index is 12.2. The van der Waals surface area contributed by atoms with E-state index in [1.54, 1.807) is 18.5 Å². The van der Waals surface area contributed by atoms with Crippen LogP contribution in [0.15, 0.2) is 16.3 Å². The third kappa shape index (κ3) is 3.78. The van der Waals surface area contributed by atoms with Crippen molar-refractivity contribution in [3.8, 4) is 0 Å². The van der Waals surface area contributed by atoms with E-state index in [0.717, 1.165) is 4.88 Å². The molecule has 0 amide bonds. The van der Waals surface area contributed by atoms with Crippen molar-refractivity contribution in [2.24, 2.45) is 0 Å². The van der Waals surface area contributed by atoms with Gasteiger partial charge in [-0.3, -0.25) is 0 Å². The van der Waals surface area contributed by atoms with Gasteiger partial charge in [-0.15, -0.1) is 11.3 Å². The topological polar surface area (TPSA) is 49.4 Å². The third-order valence-corrected chi connectivity index (χ3v) is 5.82. The summed E-state index contributed by atoms with van der Waals surface area (Å²) < 4.78 is 25.9. The number of sulfonamides is 1. The molecule has 0 aliphatic heterocycles. The lowest BCUT2D eigenvalue weighted by Gasteiger charge is -2.19. The summed E-state index contributed by atoms with van der Waals surface area (Å²) in [5.41, 5.74) is 0. The zero-order chi connectivity index (χ0) is 13.9. The molecule has 0 atom stereocenters. The van der Waals surface area contributed by atoms with Crippen LogP contribution in [0.4, 0.5) is 0 Å². The molecule has 6 heteroatoms. The summed E-state index contributed by atoms with van der Waals surface area (Å²) in [5.74, 6) is 0. The highest BCUT2D eigenvalue weighted by molar-refractivity contribution is 7.89. The minimum absolute atomic E-state index is 0.0351. The van der Waals surface area contributed by atoms with Crippen LogP contribution in [-0.4, -0.2) is 31.9 Å². The second kappa shape index (κ2) is 6.14. The lowest BCUT2D eigenvalue weighted by atomic mass is 10.4. The molecular weight excluding hydrogens is 268 g/mol. The van der Waals surface area contributed by atoms with Crippen molar-refractivity contribution in [3.63, 3.8) is 0 Å². The van der Waals surface area contributed by atoms with Gasteiger partial charge >= 0.3 is 0 Å². The first-order valence-corrected chi connectivity index (χ1v) is 8.36. The molecule has 0 saturated carbocycles. The van der Waals surface area contributed by atoms with Crippen LogP contribution in [0.2, 0.25) is 0 Å². The van der Waals surface area contributed by atoms with E-state index in [0.29, 0.717) is 17.5 Å². The van der Waals surface area contributed by atoms with Gasteiger partial charge in [0.1, 0.15) is 0 Å². The van der Waals surface area contributed by atoms with Crippen molar-refractivity contribution in [1.82, 2.24) is 9.62 Å². The van der Waals surface area contributed by atoms with Crippen LogP contribution in [-0.2, 0) is 16.6 Å². The molecule has 1 aromatic heterocycles. The van der Waals surface area contributed by atoms with Crippen LogP contribution in [0.3, 0.4) is 0 Å². The first-order valence-electron chi connectivity index (χ1n) is 6.04. The Kier molecular flexibility index (Phi) is 5.33. The molecule has 0 spiro atoms. The summed E-state index contributed by atoms with van der Waals surface area (Å²) >= 11 is 1.48. The highest BCUT2D eigenvalue weighted by atomic mass is 32.2. The predicted octanol–water partition coefficient (Wildman–Crippen LogP) is 2.28. The molecule has 0 fully saturated rings. The zero-order valence-corrected chi connectivity index (χ0v) is 13.2. The number of hydrogen-bond donors (Lipinski definition) is 1. The van der Waals surface area contributed by atoms with Crippen molar-refractivity contribution >= 4 is 21.4 Å². The Morgan fingerprint density at radius 1 is 1.33 bits per heavy atom. The van der Waals surface area contributed by atoms with Gasteiger partial charge in [-0.1, -0.05) is 13.8 Å². The highest BCUT2D eigenvalue weighted by Gasteiger charge is 2.24. The van der Waals surface area contributed by atoms with Crippen LogP contribution in [0.5, 0.6) is 0 Å². The second-order valence-electron chi connectivity index (χ2n) is 4.90. The molecule has 1 aromatic rings. The molecule has 0 unspecified atom stereocenters. The van der Waals surface area contributed by atoms with Gasteiger partial charge in [0.05, 0.1) is 4.90 Å². The molecule has 1 rings (SSSR count). The van der Waals surface area contributed by atoms with Crippen LogP contribution in [0.25, 0.3) is 0 Å². The van der Waals surface area contributed by atoms with E-state index >= 15 is 0 Å². The molecule has 1 heterocycles. The van der Waals surface area contributed by atoms with Crippen molar-refractivity contribution in [2.45, 2.75) is 51.2 Å². The molecule has 0 aromatic carbocycles. The van der Waals surface area contributed by atoms with Gasteiger partial charge in [0.2, 0.25) is 10.0 Å². The van der Waals surface area contributed by atoms with Crippen molar-refractivity contribution < 1.29 is 8.42 Å². The van der Waals surface area contributed by atoms with E-state index in [1.807, 2.05) is 13.8 Å². The van der Waals surface area contributed by atoms with E-state index in [4.69, 9.17) is 0 Å². The number of rotatable bonds is 6. The van der Waals surface area contributed by atoms with Crippen LogP contribution in [0.1, 0.15) is 32.6 Å². The Labute approximate surface area is 114 Å². The molecule has 104 valence electrons. The molecule has 4 nitrogen and oxygen atoms in total. The van der Waals surface area contributed by atoms with Gasteiger partial charge in [0.15, 0.2) is 0 Å². The molecule has 0 bridgehead atoms. The first-order chi connectivity index (χ1) is 8.25. The Bertz CT molecular complexity index is 478. The molecule has 0 aliphatic rings. The maximum Gasteiger partial charge on any atom is 0.243 e. The van der Waals surface area contributed by atoms with Crippen molar-refractivity contribution in [2.75, 3.05) is 7.05 Å². The van der Waals surface area contributed by atoms with E-state index in [2.05, 4.69) is 19.2 Å². The van der Waals surface area contributed by atoms with Gasteiger partial charge in [-0.05, 0) is 19.9 Å². The molecule has 0 radical (unpaired) electrons. The number of nitrogens with zero attached hydrogens (tertiary/aromatic N) is 1. The summed E-state index contributed by atoms with van der Waals surface area (Å²) in [6.07, 6.45) is 0. The smallest absolute Gasteiger partial charge is 0.243 e. The zero-order valence-electron chi connectivity index (χ0n) is 11.6. The van der Waals surface area contributed by atoms with Gasteiger partial charge in [0.25, 0.3) is 0 Å². The van der Waals surface area contributed by atoms with E-state index < -0.39 is 10.0 Å². The minimum atomic E-state index is -3.34. The van der Waals surface area contributed by atoms with Crippen LogP contribution in [0, 0.1) is 0 Å². The normalized spacial score (nSPS) is 12.9. The minimum Gasteiger partial charge on any atom is -0.310 e. The average Bonchev–Trinajstić information content (AvgIpc) is 2.74. The molecule has 18 heavy (non-hydrogen) atoms. The van der Waals surface area contributed by atoms with Gasteiger partial charge in [-0.2, -0.15) is 4.31 Å². The Morgan fingerprint density at radius 2 is 1.94 bits per heavy atom. The second-order valence-corrected chi connectivity index (χ2v) is 7.89. The fourth-order valence-electron chi connectivity index (χ4n) is 1.34. The molecule has 0 aliphatic carbocycles. The quantitative estimate of drug-likeness (QED) is 0.874. The number of hydrogen-bond acceptors (Lipinski definition) is 4. The monoisotopic (exact) mass is 290 g/mol. The Morgan fingerprint density at radius 3 is 2.44 bits per heavy atom. The SMILES string of the molecule is CC(C)NCc1cc(S(=O)(=O)N(C)C(C)C)cs1. The van der Waals surface area contributed by atoms with E-state index in [-0.39, 0.29) is 6.04 Å². The predicted molar refractivity (Wildman–Crippen MR) is 76.4 cm³/mol. The largest absolute Gasteiger partial charge is 0.310 e. The summed E-state index contributed by atoms with van der Waals surface area (Å²) in [7, 11) is -1.73. The van der Waals surface area contributed by atoms with Crippen LogP contribution >= 0.6 is 11.3 Å².